The number of nitrogens with zero attached hydrogens (tertiary/aromatic N) is 1. The lowest BCUT2D eigenvalue weighted by atomic mass is 10.4. The van der Waals surface area contributed by atoms with Crippen LogP contribution >= 0.6 is 0 Å². The Balaban J connectivity index is 1.86. The lowest BCUT2D eigenvalue weighted by molar-refractivity contribution is -0.141. The molecule has 2 heterocycles. The fourth-order valence-corrected chi connectivity index (χ4v) is 1.67. The number of ether oxygens (including phenoxy) is 3. The molecular formula is C12H16N2O4. The second kappa shape index (κ2) is 5.32. The second-order valence-electron chi connectivity index (χ2n) is 4.41. The average Bonchev–Trinajstić information content (AvgIpc) is 2.68. The zero-order valence-electron chi connectivity index (χ0n) is 10.4. The molecule has 1 atom stereocenters. The number of hydrogen-bond acceptors (Lipinski definition) is 5. The van der Waals surface area contributed by atoms with Crippen molar-refractivity contribution in [3.8, 4) is 5.88 Å². The van der Waals surface area contributed by atoms with E-state index in [0.29, 0.717) is 31.2 Å². The summed E-state index contributed by atoms with van der Waals surface area (Å²) in [6.45, 7) is 4.58. The molecule has 0 aromatic carbocycles. The van der Waals surface area contributed by atoms with Gasteiger partial charge in [0.2, 0.25) is 12.3 Å². The molecule has 1 saturated heterocycles. The van der Waals surface area contributed by atoms with E-state index >= 15 is 0 Å². The Morgan fingerprint density at radius 2 is 2.50 bits per heavy atom. The predicted octanol–water partition coefficient (Wildman–Crippen LogP) is 1.18. The van der Waals surface area contributed by atoms with E-state index < -0.39 is 5.79 Å². The molecule has 0 radical (unpaired) electrons. The zero-order valence-corrected chi connectivity index (χ0v) is 10.4. The maximum absolute atomic E-state index is 10.3. The topological polar surface area (TPSA) is 69.7 Å². The van der Waals surface area contributed by atoms with Crippen LogP contribution in [0.3, 0.4) is 0 Å². The van der Waals surface area contributed by atoms with Crippen LogP contribution in [0.15, 0.2) is 18.3 Å². The summed E-state index contributed by atoms with van der Waals surface area (Å²) >= 11 is 0. The number of carbonyl (C=O) groups is 1. The number of nitrogens with one attached hydrogen (secondary N) is 1. The van der Waals surface area contributed by atoms with E-state index in [9.17, 15) is 4.79 Å². The second-order valence-corrected chi connectivity index (χ2v) is 4.41. The van der Waals surface area contributed by atoms with Gasteiger partial charge in [0.15, 0.2) is 5.79 Å². The summed E-state index contributed by atoms with van der Waals surface area (Å²) in [6, 6.07) is 3.33. The van der Waals surface area contributed by atoms with Crippen LogP contribution in [0, 0.1) is 0 Å². The lowest BCUT2D eigenvalue weighted by Crippen LogP contribution is -2.25. The molecular weight excluding hydrogens is 236 g/mol. The average molecular weight is 252 g/mol. The predicted molar refractivity (Wildman–Crippen MR) is 64.3 cm³/mol. The minimum atomic E-state index is -0.553. The Hall–Kier alpha value is -1.66. The van der Waals surface area contributed by atoms with Crippen molar-refractivity contribution in [2.45, 2.75) is 25.7 Å². The van der Waals surface area contributed by atoms with Crippen LogP contribution in [0.25, 0.3) is 0 Å². The molecule has 1 fully saturated rings. The van der Waals surface area contributed by atoms with Crippen LogP contribution in [0.5, 0.6) is 5.88 Å². The third-order valence-electron chi connectivity index (χ3n) is 2.44. The molecule has 1 aromatic rings. The Labute approximate surface area is 105 Å². The van der Waals surface area contributed by atoms with Gasteiger partial charge in [-0.2, -0.15) is 0 Å². The van der Waals surface area contributed by atoms with Crippen molar-refractivity contribution in [1.82, 2.24) is 4.98 Å². The first-order valence-electron chi connectivity index (χ1n) is 5.70. The monoisotopic (exact) mass is 252 g/mol. The first-order chi connectivity index (χ1) is 8.59. The fraction of sp³-hybridized carbons (Fsp3) is 0.500. The van der Waals surface area contributed by atoms with Gasteiger partial charge in [-0.05, 0) is 19.9 Å². The molecule has 2 rings (SSSR count). The third-order valence-corrected chi connectivity index (χ3v) is 2.44. The highest BCUT2D eigenvalue weighted by Crippen LogP contribution is 2.23. The van der Waals surface area contributed by atoms with Gasteiger partial charge in [0.25, 0.3) is 0 Å². The van der Waals surface area contributed by atoms with Gasteiger partial charge in [0.05, 0.1) is 6.61 Å². The lowest BCUT2D eigenvalue weighted by Gasteiger charge is -2.17. The Morgan fingerprint density at radius 3 is 3.17 bits per heavy atom. The summed E-state index contributed by atoms with van der Waals surface area (Å²) in [5.41, 5.74) is 0.638. The molecule has 0 saturated carbocycles. The van der Waals surface area contributed by atoms with Crippen LogP contribution in [0.2, 0.25) is 0 Å². The van der Waals surface area contributed by atoms with Crippen LogP contribution < -0.4 is 10.1 Å². The van der Waals surface area contributed by atoms with Crippen LogP contribution in [0.1, 0.15) is 13.8 Å². The molecule has 1 amide bonds. The van der Waals surface area contributed by atoms with E-state index in [1.54, 1.807) is 18.3 Å². The minimum absolute atomic E-state index is 0.107. The molecule has 1 aliphatic heterocycles. The van der Waals surface area contributed by atoms with Gasteiger partial charge in [-0.15, -0.1) is 0 Å². The van der Waals surface area contributed by atoms with E-state index in [-0.39, 0.29) is 6.10 Å². The quantitative estimate of drug-likeness (QED) is 0.797. The van der Waals surface area contributed by atoms with Gasteiger partial charge in [-0.1, -0.05) is 0 Å². The summed E-state index contributed by atoms with van der Waals surface area (Å²) in [5.74, 6) is -0.113. The number of amides is 1. The molecule has 0 aliphatic carbocycles. The van der Waals surface area contributed by atoms with E-state index in [0.717, 1.165) is 0 Å². The molecule has 6 nitrogen and oxygen atoms in total. The van der Waals surface area contributed by atoms with E-state index in [2.05, 4.69) is 10.3 Å². The standard InChI is InChI=1S/C12H16N2O4/c1-12(2)17-7-10(18-12)6-16-11-5-9(14-8-15)3-4-13-11/h3-5,8,10H,6-7H2,1-2H3,(H,13,14,15)/t10-/m1/s1. The van der Waals surface area contributed by atoms with Crippen molar-refractivity contribution in [1.29, 1.82) is 0 Å². The first-order valence-corrected chi connectivity index (χ1v) is 5.70. The highest BCUT2D eigenvalue weighted by Gasteiger charge is 2.32. The highest BCUT2D eigenvalue weighted by atomic mass is 16.7. The molecule has 1 aliphatic rings. The maximum Gasteiger partial charge on any atom is 0.215 e. The number of aromatic nitrogens is 1. The van der Waals surface area contributed by atoms with E-state index in [1.165, 1.54) is 0 Å². The normalized spacial score (nSPS) is 21.6. The molecule has 98 valence electrons. The smallest absolute Gasteiger partial charge is 0.215 e. The van der Waals surface area contributed by atoms with Gasteiger partial charge in [0.1, 0.15) is 12.7 Å². The number of pyridine rings is 1. The number of anilines is 1. The Bertz CT molecular complexity index is 422. The first kappa shape index (κ1) is 12.8. The summed E-state index contributed by atoms with van der Waals surface area (Å²) in [5, 5.41) is 2.53. The van der Waals surface area contributed by atoms with Crippen LogP contribution in [-0.4, -0.2) is 36.5 Å². The Morgan fingerprint density at radius 1 is 1.67 bits per heavy atom. The van der Waals surface area contributed by atoms with Gasteiger partial charge in [-0.3, -0.25) is 4.79 Å². The maximum atomic E-state index is 10.3. The molecule has 18 heavy (non-hydrogen) atoms. The highest BCUT2D eigenvalue weighted by molar-refractivity contribution is 5.71. The summed E-state index contributed by atoms with van der Waals surface area (Å²) in [4.78, 5) is 14.4. The number of carbonyl (C=O) groups excluding carboxylic acids is 1. The summed E-state index contributed by atoms with van der Waals surface area (Å²) in [7, 11) is 0. The zero-order chi connectivity index (χ0) is 13.0. The molecule has 0 bridgehead atoms. The van der Waals surface area contributed by atoms with Gasteiger partial charge in [-0.25, -0.2) is 4.98 Å². The van der Waals surface area contributed by atoms with Gasteiger partial charge in [0, 0.05) is 18.0 Å². The van der Waals surface area contributed by atoms with Crippen LogP contribution in [-0.2, 0) is 14.3 Å². The van der Waals surface area contributed by atoms with Crippen molar-refractivity contribution in [2.24, 2.45) is 0 Å². The third kappa shape index (κ3) is 3.41. The molecule has 0 unspecified atom stereocenters. The SMILES string of the molecule is CC1(C)OC[C@@H](COc2cc(NC=O)ccn2)O1. The summed E-state index contributed by atoms with van der Waals surface area (Å²) < 4.78 is 16.5. The molecule has 1 N–H and O–H groups in total. The van der Waals surface area contributed by atoms with Crippen LogP contribution in [0.4, 0.5) is 5.69 Å². The number of hydrogen-bond donors (Lipinski definition) is 1. The van der Waals surface area contributed by atoms with E-state index in [4.69, 9.17) is 14.2 Å². The molecule has 0 spiro atoms. The van der Waals surface area contributed by atoms with Gasteiger partial charge < -0.3 is 19.5 Å². The van der Waals surface area contributed by atoms with Crippen molar-refractivity contribution in [3.05, 3.63) is 18.3 Å². The van der Waals surface area contributed by atoms with Crippen molar-refractivity contribution >= 4 is 12.1 Å². The minimum Gasteiger partial charge on any atom is -0.475 e. The molecule has 6 heteroatoms. The molecule has 1 aromatic heterocycles. The Kier molecular flexibility index (Phi) is 3.78. The summed E-state index contributed by atoms with van der Waals surface area (Å²) in [6.07, 6.45) is 2.07. The van der Waals surface area contributed by atoms with Crippen molar-refractivity contribution in [3.63, 3.8) is 0 Å². The van der Waals surface area contributed by atoms with E-state index in [1.807, 2.05) is 13.8 Å². The van der Waals surface area contributed by atoms with Crippen molar-refractivity contribution < 1.29 is 19.0 Å². The largest absolute Gasteiger partial charge is 0.475 e. The van der Waals surface area contributed by atoms with Gasteiger partial charge >= 0.3 is 0 Å². The fourth-order valence-electron chi connectivity index (χ4n) is 1.67. The van der Waals surface area contributed by atoms with Crippen molar-refractivity contribution in [2.75, 3.05) is 18.5 Å². The number of rotatable bonds is 5.